The monoisotopic (exact) mass is 433 g/mol. The van der Waals surface area contributed by atoms with Crippen LogP contribution in [-0.2, 0) is 4.79 Å². The third-order valence-electron chi connectivity index (χ3n) is 8.25. The second kappa shape index (κ2) is 8.49. The van der Waals surface area contributed by atoms with Gasteiger partial charge in [-0.2, -0.15) is 0 Å². The van der Waals surface area contributed by atoms with E-state index in [0.717, 1.165) is 30.5 Å². The molecule has 1 aliphatic heterocycles. The highest BCUT2D eigenvalue weighted by Crippen LogP contribution is 2.61. The molecule has 170 valence electrons. The maximum Gasteiger partial charge on any atom is 0.255 e. The highest BCUT2D eigenvalue weighted by Gasteiger charge is 2.57. The average molecular weight is 434 g/mol. The van der Waals surface area contributed by atoms with Crippen LogP contribution in [-0.4, -0.2) is 28.8 Å². The number of carbonyl (C=O) groups is 1. The Morgan fingerprint density at radius 2 is 1.94 bits per heavy atom. The van der Waals surface area contributed by atoms with Crippen LogP contribution in [0.4, 0.5) is 0 Å². The first-order chi connectivity index (χ1) is 15.2. The van der Waals surface area contributed by atoms with Crippen LogP contribution in [0.3, 0.4) is 0 Å². The summed E-state index contributed by atoms with van der Waals surface area (Å²) in [5.74, 6) is 0.215. The Labute approximate surface area is 191 Å². The van der Waals surface area contributed by atoms with E-state index >= 15 is 0 Å². The van der Waals surface area contributed by atoms with E-state index in [1.54, 1.807) is 0 Å². The fraction of sp³-hybridized carbons (Fsp3) is 0.464. The number of amides is 1. The van der Waals surface area contributed by atoms with Gasteiger partial charge in [-0.05, 0) is 61.7 Å². The van der Waals surface area contributed by atoms with E-state index < -0.39 is 11.5 Å². The maximum absolute atomic E-state index is 12.6. The molecule has 3 aliphatic rings. The molecule has 1 heterocycles. The van der Waals surface area contributed by atoms with Gasteiger partial charge in [-0.15, -0.1) is 0 Å². The summed E-state index contributed by atoms with van der Waals surface area (Å²) in [6.45, 7) is 10.7. The SMILES string of the molecule is C=C1CCC2[C@](C)(CO)[C@H](O)CC[C@@]2(C)[C@@H]1/C=C/C1=CC(=C/c2ccc(C)cc2)/NC1=O. The molecule has 0 radical (unpaired) electrons. The number of benzene rings is 1. The molecule has 1 aromatic carbocycles. The summed E-state index contributed by atoms with van der Waals surface area (Å²) in [6.07, 6.45) is 10.8. The van der Waals surface area contributed by atoms with E-state index in [9.17, 15) is 15.0 Å². The second-order valence-electron chi connectivity index (χ2n) is 10.4. The Kier molecular flexibility index (Phi) is 6.04. The van der Waals surface area contributed by atoms with Crippen molar-refractivity contribution in [2.24, 2.45) is 22.7 Å². The van der Waals surface area contributed by atoms with Crippen LogP contribution < -0.4 is 5.32 Å². The summed E-state index contributed by atoms with van der Waals surface area (Å²) in [5.41, 5.74) is 4.25. The molecule has 4 nitrogen and oxygen atoms in total. The van der Waals surface area contributed by atoms with E-state index in [4.69, 9.17) is 0 Å². The number of fused-ring (bicyclic) bond motifs is 1. The minimum atomic E-state index is -0.506. The highest BCUT2D eigenvalue weighted by atomic mass is 16.3. The van der Waals surface area contributed by atoms with Gasteiger partial charge in [0, 0.05) is 22.6 Å². The van der Waals surface area contributed by atoms with Crippen molar-refractivity contribution in [3.63, 3.8) is 0 Å². The van der Waals surface area contributed by atoms with Crippen molar-refractivity contribution in [3.8, 4) is 0 Å². The van der Waals surface area contributed by atoms with Crippen molar-refractivity contribution >= 4 is 12.0 Å². The zero-order chi connectivity index (χ0) is 23.1. The second-order valence-corrected chi connectivity index (χ2v) is 10.4. The molecule has 5 atom stereocenters. The zero-order valence-corrected chi connectivity index (χ0v) is 19.4. The summed E-state index contributed by atoms with van der Waals surface area (Å²) < 4.78 is 0. The Balaban J connectivity index is 1.59. The lowest BCUT2D eigenvalue weighted by Gasteiger charge is -2.59. The van der Waals surface area contributed by atoms with E-state index in [0.29, 0.717) is 12.0 Å². The lowest BCUT2D eigenvalue weighted by atomic mass is 9.46. The zero-order valence-electron chi connectivity index (χ0n) is 19.4. The minimum absolute atomic E-state index is 0.0158. The van der Waals surface area contributed by atoms with E-state index in [-0.39, 0.29) is 29.8 Å². The molecule has 4 rings (SSSR count). The lowest BCUT2D eigenvalue weighted by molar-refractivity contribution is -0.145. The van der Waals surface area contributed by atoms with Crippen LogP contribution >= 0.6 is 0 Å². The number of aryl methyl sites for hydroxylation is 1. The van der Waals surface area contributed by atoms with Crippen LogP contribution in [0.15, 0.2) is 65.9 Å². The van der Waals surface area contributed by atoms with Gasteiger partial charge in [0.2, 0.25) is 0 Å². The molecule has 4 heteroatoms. The number of allylic oxidation sites excluding steroid dienone is 3. The van der Waals surface area contributed by atoms with Crippen LogP contribution in [0.5, 0.6) is 0 Å². The van der Waals surface area contributed by atoms with Gasteiger partial charge in [-0.3, -0.25) is 4.79 Å². The lowest BCUT2D eigenvalue weighted by Crippen LogP contribution is -2.57. The molecule has 32 heavy (non-hydrogen) atoms. The number of aliphatic hydroxyl groups excluding tert-OH is 2. The number of nitrogens with one attached hydrogen (secondary N) is 1. The summed E-state index contributed by atoms with van der Waals surface area (Å²) >= 11 is 0. The standard InChI is InChI=1S/C28H35NO3/c1-18-5-8-20(9-6-18)15-22-16-21(26(32)29-22)10-11-23-19(2)7-12-24-27(23,3)14-13-25(31)28(24,4)17-30/h5-6,8-11,15-16,23-25,30-31H,2,7,12-14,17H2,1,3-4H3,(H,29,32)/b11-10+,22-15-/t23-,24?,25-,27+,28+/m1/s1. The smallest absolute Gasteiger partial charge is 0.255 e. The number of aliphatic hydroxyl groups is 2. The molecule has 1 unspecified atom stereocenters. The van der Waals surface area contributed by atoms with Gasteiger partial charge in [0.15, 0.2) is 0 Å². The Morgan fingerprint density at radius 1 is 1.22 bits per heavy atom. The molecule has 2 fully saturated rings. The third kappa shape index (κ3) is 3.91. The van der Waals surface area contributed by atoms with Crippen LogP contribution in [0.2, 0.25) is 0 Å². The predicted molar refractivity (Wildman–Crippen MR) is 128 cm³/mol. The first-order valence-corrected chi connectivity index (χ1v) is 11.6. The summed E-state index contributed by atoms with van der Waals surface area (Å²) in [6, 6.07) is 8.19. The van der Waals surface area contributed by atoms with E-state index in [1.165, 1.54) is 11.1 Å². The van der Waals surface area contributed by atoms with Crippen molar-refractivity contribution in [2.75, 3.05) is 6.61 Å². The maximum atomic E-state index is 12.6. The van der Waals surface area contributed by atoms with Gasteiger partial charge < -0.3 is 15.5 Å². The molecule has 0 aromatic heterocycles. The Morgan fingerprint density at radius 3 is 2.62 bits per heavy atom. The third-order valence-corrected chi connectivity index (χ3v) is 8.25. The van der Waals surface area contributed by atoms with E-state index in [1.807, 2.05) is 37.3 Å². The normalized spacial score (nSPS) is 36.3. The van der Waals surface area contributed by atoms with E-state index in [2.05, 4.69) is 44.0 Å². The molecule has 2 aliphatic carbocycles. The van der Waals surface area contributed by atoms with Gasteiger partial charge in [0.05, 0.1) is 12.7 Å². The summed E-state index contributed by atoms with van der Waals surface area (Å²) in [4.78, 5) is 12.6. The van der Waals surface area contributed by atoms with Gasteiger partial charge in [-0.25, -0.2) is 0 Å². The Bertz CT molecular complexity index is 1000. The number of carbonyl (C=O) groups excluding carboxylic acids is 1. The largest absolute Gasteiger partial charge is 0.396 e. The minimum Gasteiger partial charge on any atom is -0.396 e. The molecular weight excluding hydrogens is 398 g/mol. The van der Waals surface area contributed by atoms with Crippen molar-refractivity contribution in [3.05, 3.63) is 77.0 Å². The number of hydrogen-bond acceptors (Lipinski definition) is 3. The first kappa shape index (κ1) is 22.8. The van der Waals surface area contributed by atoms with Crippen molar-refractivity contribution in [1.82, 2.24) is 5.32 Å². The number of hydrogen-bond donors (Lipinski definition) is 3. The molecule has 0 bridgehead atoms. The summed E-state index contributed by atoms with van der Waals surface area (Å²) in [5, 5.41) is 23.8. The van der Waals surface area contributed by atoms with Crippen molar-refractivity contribution in [2.45, 2.75) is 52.6 Å². The Hall–Kier alpha value is -2.43. The fourth-order valence-corrected chi connectivity index (χ4v) is 6.21. The van der Waals surface area contributed by atoms with Crippen LogP contribution in [0.1, 0.15) is 50.7 Å². The predicted octanol–water partition coefficient (Wildman–Crippen LogP) is 4.69. The fourth-order valence-electron chi connectivity index (χ4n) is 6.21. The number of rotatable bonds is 4. The molecule has 1 amide bonds. The van der Waals surface area contributed by atoms with Gasteiger partial charge in [0.1, 0.15) is 0 Å². The molecule has 3 N–H and O–H groups in total. The topological polar surface area (TPSA) is 69.6 Å². The molecular formula is C28H35NO3. The molecule has 2 saturated carbocycles. The quantitative estimate of drug-likeness (QED) is 0.604. The average Bonchev–Trinajstić information content (AvgIpc) is 3.11. The molecule has 0 spiro atoms. The summed E-state index contributed by atoms with van der Waals surface area (Å²) in [7, 11) is 0. The highest BCUT2D eigenvalue weighted by molar-refractivity contribution is 6.02. The molecule has 1 aromatic rings. The van der Waals surface area contributed by atoms with Gasteiger partial charge in [-0.1, -0.05) is 68.0 Å². The van der Waals surface area contributed by atoms with Gasteiger partial charge in [0.25, 0.3) is 5.91 Å². The first-order valence-electron chi connectivity index (χ1n) is 11.6. The van der Waals surface area contributed by atoms with Gasteiger partial charge >= 0.3 is 0 Å². The molecule has 0 saturated heterocycles. The van der Waals surface area contributed by atoms with Crippen molar-refractivity contribution in [1.29, 1.82) is 0 Å². The van der Waals surface area contributed by atoms with Crippen molar-refractivity contribution < 1.29 is 15.0 Å². The van der Waals surface area contributed by atoms with Crippen LogP contribution in [0, 0.1) is 29.6 Å². The van der Waals surface area contributed by atoms with Crippen LogP contribution in [0.25, 0.3) is 6.08 Å².